The highest BCUT2D eigenvalue weighted by Crippen LogP contribution is 2.27. The number of rotatable bonds is 13. The van der Waals surface area contributed by atoms with Crippen molar-refractivity contribution in [1.82, 2.24) is 0 Å². The molecule has 0 aliphatic rings. The molecule has 0 saturated carbocycles. The van der Waals surface area contributed by atoms with Crippen molar-refractivity contribution >= 4 is 12.6 Å². The monoisotopic (exact) mass is 320 g/mol. The van der Waals surface area contributed by atoms with Gasteiger partial charge in [0, 0.05) is 0 Å². The van der Waals surface area contributed by atoms with Gasteiger partial charge in [0.1, 0.15) is 11.5 Å². The third-order valence-electron chi connectivity index (χ3n) is 3.87. The maximum atomic E-state index is 11.1. The molecule has 0 aromatic heterocycles. The molecule has 0 N–H and O–H groups in total. The predicted octanol–water partition coefficient (Wildman–Crippen LogP) is 4.84. The summed E-state index contributed by atoms with van der Waals surface area (Å²) in [5, 5.41) is 0. The molecule has 0 spiro atoms. The van der Waals surface area contributed by atoms with Gasteiger partial charge < -0.3 is 9.47 Å². The lowest BCUT2D eigenvalue weighted by atomic mass is 10.1. The number of carbonyl (C=O) groups excluding carboxylic acids is 2. The van der Waals surface area contributed by atoms with E-state index < -0.39 is 0 Å². The first-order valence-corrected chi connectivity index (χ1v) is 8.52. The minimum absolute atomic E-state index is 0.390. The first-order chi connectivity index (χ1) is 11.3. The van der Waals surface area contributed by atoms with Gasteiger partial charge in [-0.2, -0.15) is 0 Å². The number of hydrogen-bond acceptors (Lipinski definition) is 4. The van der Waals surface area contributed by atoms with E-state index in [0.717, 1.165) is 19.1 Å². The van der Waals surface area contributed by atoms with Crippen LogP contribution in [0.4, 0.5) is 0 Å². The van der Waals surface area contributed by atoms with Crippen molar-refractivity contribution in [3.05, 3.63) is 23.3 Å². The normalized spacial score (nSPS) is 10.3. The Hall–Kier alpha value is -1.84. The van der Waals surface area contributed by atoms with Crippen molar-refractivity contribution in [2.24, 2.45) is 0 Å². The molecular weight excluding hydrogens is 292 g/mol. The number of ether oxygens (including phenoxy) is 2. The van der Waals surface area contributed by atoms with Crippen molar-refractivity contribution < 1.29 is 19.1 Å². The summed E-state index contributed by atoms with van der Waals surface area (Å²) in [6.45, 7) is 2.78. The highest BCUT2D eigenvalue weighted by molar-refractivity contribution is 5.87. The molecule has 0 aliphatic carbocycles. The zero-order valence-electron chi connectivity index (χ0n) is 14.3. The van der Waals surface area contributed by atoms with Crippen LogP contribution in [0.2, 0.25) is 0 Å². The summed E-state index contributed by atoms with van der Waals surface area (Å²) >= 11 is 0. The second kappa shape index (κ2) is 11.7. The van der Waals surface area contributed by atoms with Crippen LogP contribution in [0, 0.1) is 0 Å². The van der Waals surface area contributed by atoms with Gasteiger partial charge in [0.05, 0.1) is 24.8 Å². The fraction of sp³-hybridized carbons (Fsp3) is 0.579. The zero-order valence-corrected chi connectivity index (χ0v) is 14.3. The molecule has 0 unspecified atom stereocenters. The molecule has 23 heavy (non-hydrogen) atoms. The lowest BCUT2D eigenvalue weighted by Crippen LogP contribution is -2.02. The first-order valence-electron chi connectivity index (χ1n) is 8.52. The molecule has 0 atom stereocenters. The minimum Gasteiger partial charge on any atom is -0.496 e. The Morgan fingerprint density at radius 1 is 0.826 bits per heavy atom. The van der Waals surface area contributed by atoms with E-state index in [9.17, 15) is 9.59 Å². The SMILES string of the molecule is CCCCCCCCCCOc1cc(C=O)c(OC)cc1C=O. The molecule has 1 aromatic carbocycles. The quantitative estimate of drug-likeness (QED) is 0.385. The molecule has 0 amide bonds. The fourth-order valence-corrected chi connectivity index (χ4v) is 2.50. The Labute approximate surface area is 139 Å². The average molecular weight is 320 g/mol. The summed E-state index contributed by atoms with van der Waals surface area (Å²) in [6.07, 6.45) is 11.2. The van der Waals surface area contributed by atoms with Crippen molar-refractivity contribution in [3.8, 4) is 11.5 Å². The minimum atomic E-state index is 0.390. The second-order valence-corrected chi connectivity index (χ2v) is 5.69. The van der Waals surface area contributed by atoms with Crippen molar-refractivity contribution in [2.45, 2.75) is 58.3 Å². The molecule has 0 radical (unpaired) electrons. The fourth-order valence-electron chi connectivity index (χ4n) is 2.50. The van der Waals surface area contributed by atoms with Crippen LogP contribution >= 0.6 is 0 Å². The van der Waals surface area contributed by atoms with Gasteiger partial charge in [-0.15, -0.1) is 0 Å². The van der Waals surface area contributed by atoms with Gasteiger partial charge in [0.25, 0.3) is 0 Å². The Morgan fingerprint density at radius 2 is 1.35 bits per heavy atom. The van der Waals surface area contributed by atoms with Gasteiger partial charge in [-0.1, -0.05) is 51.9 Å². The Kier molecular flexibility index (Phi) is 9.76. The Balaban J connectivity index is 2.36. The number of benzene rings is 1. The van der Waals surface area contributed by atoms with E-state index in [1.54, 1.807) is 12.1 Å². The van der Waals surface area contributed by atoms with Crippen molar-refractivity contribution in [2.75, 3.05) is 13.7 Å². The summed E-state index contributed by atoms with van der Waals surface area (Å²) in [6, 6.07) is 3.11. The average Bonchev–Trinajstić information content (AvgIpc) is 2.59. The summed E-state index contributed by atoms with van der Waals surface area (Å²) in [4.78, 5) is 22.2. The van der Waals surface area contributed by atoms with E-state index >= 15 is 0 Å². The molecule has 0 heterocycles. The molecule has 0 saturated heterocycles. The van der Waals surface area contributed by atoms with Crippen LogP contribution in [-0.4, -0.2) is 26.3 Å². The Bertz CT molecular complexity index is 483. The number of carbonyl (C=O) groups is 2. The predicted molar refractivity (Wildman–Crippen MR) is 91.9 cm³/mol. The lowest BCUT2D eigenvalue weighted by molar-refractivity contribution is 0.110. The van der Waals surface area contributed by atoms with Crippen LogP contribution in [-0.2, 0) is 0 Å². The van der Waals surface area contributed by atoms with Crippen LogP contribution in [0.5, 0.6) is 11.5 Å². The smallest absolute Gasteiger partial charge is 0.153 e. The molecule has 0 bridgehead atoms. The van der Waals surface area contributed by atoms with Gasteiger partial charge in [-0.25, -0.2) is 0 Å². The van der Waals surface area contributed by atoms with E-state index in [4.69, 9.17) is 9.47 Å². The van der Waals surface area contributed by atoms with Crippen molar-refractivity contribution in [1.29, 1.82) is 0 Å². The third kappa shape index (κ3) is 6.85. The standard InChI is InChI=1S/C19H28O4/c1-3-4-5-6-7-8-9-10-11-23-19-13-16(14-20)18(22-2)12-17(19)15-21/h12-15H,3-11H2,1-2H3. The van der Waals surface area contributed by atoms with E-state index in [2.05, 4.69) is 6.92 Å². The van der Waals surface area contributed by atoms with E-state index in [1.807, 2.05) is 0 Å². The number of hydrogen-bond donors (Lipinski definition) is 0. The van der Waals surface area contributed by atoms with Crippen LogP contribution < -0.4 is 9.47 Å². The molecule has 0 aliphatic heterocycles. The number of unbranched alkanes of at least 4 members (excludes halogenated alkanes) is 7. The summed E-state index contributed by atoms with van der Waals surface area (Å²) in [5.41, 5.74) is 0.802. The molecule has 4 heteroatoms. The zero-order chi connectivity index (χ0) is 16.9. The summed E-state index contributed by atoms with van der Waals surface area (Å²) in [7, 11) is 1.47. The lowest BCUT2D eigenvalue weighted by Gasteiger charge is -2.11. The van der Waals surface area contributed by atoms with E-state index in [0.29, 0.717) is 35.5 Å². The highest BCUT2D eigenvalue weighted by atomic mass is 16.5. The van der Waals surface area contributed by atoms with Gasteiger partial charge in [0.2, 0.25) is 0 Å². The maximum absolute atomic E-state index is 11.1. The van der Waals surface area contributed by atoms with Gasteiger partial charge in [-0.05, 0) is 18.6 Å². The topological polar surface area (TPSA) is 52.6 Å². The van der Waals surface area contributed by atoms with Gasteiger partial charge in [-0.3, -0.25) is 9.59 Å². The van der Waals surface area contributed by atoms with Gasteiger partial charge in [0.15, 0.2) is 12.6 Å². The molecule has 0 fully saturated rings. The maximum Gasteiger partial charge on any atom is 0.153 e. The summed E-state index contributed by atoms with van der Waals surface area (Å²) in [5.74, 6) is 0.840. The highest BCUT2D eigenvalue weighted by Gasteiger charge is 2.10. The second-order valence-electron chi connectivity index (χ2n) is 5.69. The van der Waals surface area contributed by atoms with E-state index in [1.165, 1.54) is 45.6 Å². The summed E-state index contributed by atoms with van der Waals surface area (Å²) < 4.78 is 10.8. The van der Waals surface area contributed by atoms with Crippen LogP contribution in [0.15, 0.2) is 12.1 Å². The van der Waals surface area contributed by atoms with Crippen LogP contribution in [0.25, 0.3) is 0 Å². The van der Waals surface area contributed by atoms with Crippen molar-refractivity contribution in [3.63, 3.8) is 0 Å². The molecule has 4 nitrogen and oxygen atoms in total. The third-order valence-corrected chi connectivity index (χ3v) is 3.87. The molecule has 1 rings (SSSR count). The first kappa shape index (κ1) is 19.2. The van der Waals surface area contributed by atoms with Gasteiger partial charge >= 0.3 is 0 Å². The molecule has 128 valence electrons. The van der Waals surface area contributed by atoms with Crippen LogP contribution in [0.1, 0.15) is 79.0 Å². The number of methoxy groups -OCH3 is 1. The van der Waals surface area contributed by atoms with E-state index in [-0.39, 0.29) is 0 Å². The number of aldehydes is 2. The molecular formula is C19H28O4. The van der Waals surface area contributed by atoms with Crippen LogP contribution in [0.3, 0.4) is 0 Å². The molecule has 1 aromatic rings. The Morgan fingerprint density at radius 3 is 1.91 bits per heavy atom. The largest absolute Gasteiger partial charge is 0.496 e.